The molecule has 61 heavy (non-hydrogen) atoms. The van der Waals surface area contributed by atoms with Crippen molar-refractivity contribution in [2.24, 2.45) is 11.8 Å². The van der Waals surface area contributed by atoms with Crippen molar-refractivity contribution >= 4 is 45.8 Å². The largest absolute Gasteiger partial charge is 0.488 e. The number of nitrogens with one attached hydrogen (secondary N) is 4. The summed E-state index contributed by atoms with van der Waals surface area (Å²) in [7, 11) is 4.05. The molecule has 0 bridgehead atoms. The number of aromatic amines is 2. The number of hydrogen-bond donors (Lipinski definition) is 4. The maximum atomic E-state index is 14.0. The molecule has 5 aromatic rings. The lowest BCUT2D eigenvalue weighted by Crippen LogP contribution is -2.54. The number of nitrogens with zero attached hydrogens (tertiary/aromatic N) is 4. The summed E-state index contributed by atoms with van der Waals surface area (Å²) in [6.07, 6.45) is 2.15. The molecule has 3 aliphatic heterocycles. The molecule has 16 nitrogen and oxygen atoms in total. The van der Waals surface area contributed by atoms with Crippen LogP contribution in [0.2, 0.25) is 0 Å². The van der Waals surface area contributed by atoms with Gasteiger partial charge in [-0.3, -0.25) is 9.59 Å². The van der Waals surface area contributed by atoms with Crippen molar-refractivity contribution in [3.05, 3.63) is 65.9 Å². The van der Waals surface area contributed by atoms with Crippen LogP contribution in [0.5, 0.6) is 5.75 Å². The van der Waals surface area contributed by atoms with Gasteiger partial charge in [-0.05, 0) is 91.3 Å². The Morgan fingerprint density at radius 3 is 2.33 bits per heavy atom. The Morgan fingerprint density at radius 1 is 0.852 bits per heavy atom. The number of amides is 4. The SMILES string of the molecule is COC(=O)NC(C(=O)N1C(C)CCC1c1nc2c(ccc3cc4c(cc32)OCc2cc(-c3cnc(C5CC(C)CN5C(=O)C(NC(=O)OC)C(C)OC)[nH]3)ccc2-4)[nH]1)C(C)C. The number of alkyl carbamates (subject to hydrolysis) is 2. The number of H-pyrrole nitrogens is 2. The highest BCUT2D eigenvalue weighted by molar-refractivity contribution is 6.07. The highest BCUT2D eigenvalue weighted by atomic mass is 16.5. The van der Waals surface area contributed by atoms with E-state index in [1.807, 2.05) is 31.7 Å². The van der Waals surface area contributed by atoms with E-state index in [0.717, 1.165) is 68.3 Å². The minimum absolute atomic E-state index is 0.0295. The second-order valence-electron chi connectivity index (χ2n) is 16.9. The zero-order chi connectivity index (χ0) is 43.3. The Kier molecular flexibility index (Phi) is 11.4. The van der Waals surface area contributed by atoms with Crippen molar-refractivity contribution in [1.29, 1.82) is 0 Å². The Balaban J connectivity index is 1.04. The third-order valence-electron chi connectivity index (χ3n) is 12.6. The van der Waals surface area contributed by atoms with Crippen LogP contribution in [0.3, 0.4) is 0 Å². The molecule has 16 heteroatoms. The number of aromatic nitrogens is 4. The minimum Gasteiger partial charge on any atom is -0.488 e. The molecule has 0 radical (unpaired) electrons. The Labute approximate surface area is 354 Å². The van der Waals surface area contributed by atoms with Crippen molar-refractivity contribution in [2.45, 2.75) is 96.8 Å². The number of imidazole rings is 2. The Bertz CT molecular complexity index is 2500. The highest BCUT2D eigenvalue weighted by Gasteiger charge is 2.43. The average Bonchev–Trinajstić information content (AvgIpc) is 4.08. The van der Waals surface area contributed by atoms with Crippen LogP contribution in [0.1, 0.15) is 83.2 Å². The maximum absolute atomic E-state index is 14.0. The molecule has 0 saturated carbocycles. The second-order valence-corrected chi connectivity index (χ2v) is 16.9. The monoisotopic (exact) mass is 834 g/mol. The fraction of sp³-hybridized carbons (Fsp3) is 0.467. The van der Waals surface area contributed by atoms with Crippen molar-refractivity contribution < 1.29 is 38.1 Å². The molecule has 7 atom stereocenters. The quantitative estimate of drug-likeness (QED) is 0.117. The lowest BCUT2D eigenvalue weighted by Gasteiger charge is -2.32. The van der Waals surface area contributed by atoms with Crippen molar-refractivity contribution in [1.82, 2.24) is 40.4 Å². The van der Waals surface area contributed by atoms with Gasteiger partial charge in [-0.25, -0.2) is 19.6 Å². The van der Waals surface area contributed by atoms with Gasteiger partial charge in [0, 0.05) is 30.6 Å². The lowest BCUT2D eigenvalue weighted by atomic mass is 9.92. The zero-order valence-corrected chi connectivity index (χ0v) is 35.8. The molecule has 3 aliphatic rings. The van der Waals surface area contributed by atoms with Crippen LogP contribution in [0.15, 0.2) is 48.7 Å². The summed E-state index contributed by atoms with van der Waals surface area (Å²) >= 11 is 0. The molecule has 2 saturated heterocycles. The van der Waals surface area contributed by atoms with Crippen molar-refractivity contribution in [3.63, 3.8) is 0 Å². The lowest BCUT2D eigenvalue weighted by molar-refractivity contribution is -0.138. The third kappa shape index (κ3) is 7.73. The van der Waals surface area contributed by atoms with Gasteiger partial charge >= 0.3 is 12.2 Å². The maximum Gasteiger partial charge on any atom is 0.407 e. The minimum atomic E-state index is -0.922. The van der Waals surface area contributed by atoms with Gasteiger partial charge in [0.05, 0.1) is 55.3 Å². The van der Waals surface area contributed by atoms with E-state index in [1.165, 1.54) is 21.3 Å². The summed E-state index contributed by atoms with van der Waals surface area (Å²) < 4.78 is 21.5. The predicted molar refractivity (Wildman–Crippen MR) is 227 cm³/mol. The fourth-order valence-corrected chi connectivity index (χ4v) is 9.20. The second kappa shape index (κ2) is 16.7. The first-order chi connectivity index (χ1) is 29.3. The molecule has 0 aliphatic carbocycles. The predicted octanol–water partition coefficient (Wildman–Crippen LogP) is 6.77. The fourth-order valence-electron chi connectivity index (χ4n) is 9.20. The number of rotatable bonds is 10. The summed E-state index contributed by atoms with van der Waals surface area (Å²) in [5.74, 6) is 1.81. The van der Waals surface area contributed by atoms with E-state index in [-0.39, 0.29) is 41.8 Å². The van der Waals surface area contributed by atoms with Crippen LogP contribution in [-0.4, -0.2) is 106 Å². The summed E-state index contributed by atoms with van der Waals surface area (Å²) in [4.78, 5) is 72.6. The molecule has 322 valence electrons. The number of carbonyl (C=O) groups excluding carboxylic acids is 4. The average molecular weight is 835 g/mol. The number of benzene rings is 3. The molecule has 7 unspecified atom stereocenters. The molecular weight excluding hydrogens is 781 g/mol. The molecule has 4 amide bonds. The van der Waals surface area contributed by atoms with Crippen molar-refractivity contribution in [2.75, 3.05) is 27.9 Å². The van der Waals surface area contributed by atoms with Crippen LogP contribution < -0.4 is 15.4 Å². The highest BCUT2D eigenvalue weighted by Crippen LogP contribution is 2.44. The number of ether oxygens (including phenoxy) is 4. The van der Waals surface area contributed by atoms with Crippen LogP contribution >= 0.6 is 0 Å². The molecule has 0 spiro atoms. The van der Waals surface area contributed by atoms with Crippen LogP contribution in [0.25, 0.3) is 44.2 Å². The molecule has 8 rings (SSSR count). The van der Waals surface area contributed by atoms with Gasteiger partial charge in [0.15, 0.2) is 0 Å². The number of fused-ring (bicyclic) bond motifs is 6. The van der Waals surface area contributed by atoms with E-state index in [0.29, 0.717) is 31.2 Å². The first kappa shape index (κ1) is 41.6. The third-order valence-corrected chi connectivity index (χ3v) is 12.6. The van der Waals surface area contributed by atoms with Crippen LogP contribution in [0, 0.1) is 11.8 Å². The van der Waals surface area contributed by atoms with Gasteiger partial charge in [-0.1, -0.05) is 39.0 Å². The molecular formula is C45H54N8O8. The van der Waals surface area contributed by atoms with Gasteiger partial charge in [0.2, 0.25) is 11.8 Å². The van der Waals surface area contributed by atoms with E-state index in [2.05, 4.69) is 63.9 Å². The first-order valence-corrected chi connectivity index (χ1v) is 20.9. The first-order valence-electron chi connectivity index (χ1n) is 20.9. The molecule has 3 aromatic carbocycles. The number of carbonyl (C=O) groups is 4. The van der Waals surface area contributed by atoms with E-state index in [9.17, 15) is 19.2 Å². The standard InChI is InChI=1S/C45H54N8O8/c1-22(2)37(50-44(56)59-7)43(55)53-24(4)9-14-34(53)41-47-32-13-11-26-17-31-29-12-10-27(16-28(29)21-61-36(31)18-30(26)39(32)49-41)33-19-46-40(48-33)35-15-23(3)20-52(35)42(54)38(25(5)58-6)51-45(57)60-8/h10-13,16-19,22-25,34-35,37-38H,9,14-15,20-21H2,1-8H3,(H,46,48)(H,47,49)(H,50,56)(H,51,57). The smallest absolute Gasteiger partial charge is 0.407 e. The molecule has 5 heterocycles. The van der Waals surface area contributed by atoms with Gasteiger partial charge in [0.25, 0.3) is 0 Å². The van der Waals surface area contributed by atoms with Gasteiger partial charge in [-0.2, -0.15) is 0 Å². The van der Waals surface area contributed by atoms with Crippen LogP contribution in [-0.2, 0) is 30.4 Å². The summed E-state index contributed by atoms with van der Waals surface area (Å²) in [5.41, 5.74) is 6.50. The van der Waals surface area contributed by atoms with E-state index in [4.69, 9.17) is 28.9 Å². The Hall–Kier alpha value is -6.16. The van der Waals surface area contributed by atoms with Gasteiger partial charge in [-0.15, -0.1) is 0 Å². The van der Waals surface area contributed by atoms with Gasteiger partial charge < -0.3 is 49.3 Å². The van der Waals surface area contributed by atoms with E-state index >= 15 is 0 Å². The van der Waals surface area contributed by atoms with E-state index < -0.39 is 30.4 Å². The molecule has 4 N–H and O–H groups in total. The number of methoxy groups -OCH3 is 3. The van der Waals surface area contributed by atoms with Crippen LogP contribution in [0.4, 0.5) is 9.59 Å². The summed E-state index contributed by atoms with van der Waals surface area (Å²) in [6.45, 7) is 10.6. The van der Waals surface area contributed by atoms with Gasteiger partial charge in [0.1, 0.15) is 36.1 Å². The summed E-state index contributed by atoms with van der Waals surface area (Å²) in [6, 6.07) is 12.3. The topological polar surface area (TPSA) is 193 Å². The molecule has 2 aromatic heterocycles. The number of hydrogen-bond acceptors (Lipinski definition) is 10. The number of likely N-dealkylation sites (tertiary alicyclic amines) is 2. The van der Waals surface area contributed by atoms with E-state index in [1.54, 1.807) is 18.0 Å². The Morgan fingerprint density at radius 2 is 1.61 bits per heavy atom. The van der Waals surface area contributed by atoms with Crippen molar-refractivity contribution in [3.8, 4) is 28.1 Å². The zero-order valence-electron chi connectivity index (χ0n) is 35.8. The summed E-state index contributed by atoms with van der Waals surface area (Å²) in [5, 5.41) is 7.33. The normalized spacial score (nSPS) is 21.1. The molecule has 2 fully saturated rings.